The molecule has 0 aliphatic rings. The molecule has 0 saturated carbocycles. The van der Waals surface area contributed by atoms with Gasteiger partial charge in [-0.25, -0.2) is 0 Å². The molecule has 0 saturated heterocycles. The van der Waals surface area contributed by atoms with E-state index in [0.717, 1.165) is 5.56 Å². The molecule has 0 aliphatic heterocycles. The summed E-state index contributed by atoms with van der Waals surface area (Å²) in [7, 11) is 0. The van der Waals surface area contributed by atoms with Crippen molar-refractivity contribution in [3.63, 3.8) is 0 Å². The van der Waals surface area contributed by atoms with Gasteiger partial charge in [-0.2, -0.15) is 0 Å². The Morgan fingerprint density at radius 1 is 1.21 bits per heavy atom. The van der Waals surface area contributed by atoms with E-state index in [9.17, 15) is 4.79 Å². The normalized spacial score (nSPS) is 10.7. The van der Waals surface area contributed by atoms with Gasteiger partial charge in [0.05, 0.1) is 0 Å². The zero-order valence-corrected chi connectivity index (χ0v) is 15.3. The van der Waals surface area contributed by atoms with Crippen LogP contribution in [0.1, 0.15) is 29.8 Å². The molecule has 0 aromatic heterocycles. The van der Waals surface area contributed by atoms with Crippen molar-refractivity contribution in [2.24, 2.45) is 5.73 Å². The van der Waals surface area contributed by atoms with E-state index < -0.39 is 5.54 Å². The second-order valence-electron chi connectivity index (χ2n) is 5.99. The fourth-order valence-corrected chi connectivity index (χ4v) is 2.03. The first kappa shape index (κ1) is 20.3. The van der Waals surface area contributed by atoms with E-state index in [1.54, 1.807) is 18.2 Å². The number of amides is 1. The minimum atomic E-state index is -0.447. The summed E-state index contributed by atoms with van der Waals surface area (Å²) in [5.41, 5.74) is 6.74. The molecule has 0 aliphatic carbocycles. The Hall–Kier alpha value is -1.75. The van der Waals surface area contributed by atoms with E-state index >= 15 is 0 Å². The first-order valence-corrected chi connectivity index (χ1v) is 7.77. The lowest BCUT2D eigenvalue weighted by molar-refractivity contribution is 0.0915. The molecule has 24 heavy (non-hydrogen) atoms. The van der Waals surface area contributed by atoms with E-state index in [1.807, 2.05) is 44.2 Å². The third kappa shape index (κ3) is 6.04. The quantitative estimate of drug-likeness (QED) is 0.814. The molecule has 0 radical (unpaired) electrons. The van der Waals surface area contributed by atoms with E-state index in [2.05, 4.69) is 5.32 Å². The Balaban J connectivity index is 0.00000288. The van der Waals surface area contributed by atoms with Crippen LogP contribution < -0.4 is 15.8 Å². The Kier molecular flexibility index (Phi) is 7.55. The van der Waals surface area contributed by atoms with E-state index in [4.69, 9.17) is 22.1 Å². The topological polar surface area (TPSA) is 64.3 Å². The zero-order chi connectivity index (χ0) is 16.9. The predicted molar refractivity (Wildman–Crippen MR) is 100 cm³/mol. The van der Waals surface area contributed by atoms with Crippen LogP contribution in [0.5, 0.6) is 5.75 Å². The largest absolute Gasteiger partial charge is 0.489 e. The number of benzene rings is 2. The van der Waals surface area contributed by atoms with Crippen molar-refractivity contribution in [2.45, 2.75) is 26.0 Å². The van der Waals surface area contributed by atoms with Crippen LogP contribution in [0.4, 0.5) is 0 Å². The van der Waals surface area contributed by atoms with Gasteiger partial charge in [0.15, 0.2) is 0 Å². The molecule has 1 amide bonds. The van der Waals surface area contributed by atoms with Crippen molar-refractivity contribution in [3.8, 4) is 5.75 Å². The van der Waals surface area contributed by atoms with Crippen LogP contribution in [0.2, 0.25) is 5.02 Å². The number of hydrogen-bond donors (Lipinski definition) is 2. The number of ether oxygens (including phenoxy) is 1. The molecule has 0 bridgehead atoms. The average molecular weight is 369 g/mol. The number of halogens is 2. The SMILES string of the molecule is CC(C)(CN)NC(=O)c1cccc(OCc2ccc(Cl)cc2)c1.Cl. The molecule has 0 fully saturated rings. The number of nitrogens with one attached hydrogen (secondary N) is 1. The first-order chi connectivity index (χ1) is 10.9. The van der Waals surface area contributed by atoms with Gasteiger partial charge >= 0.3 is 0 Å². The van der Waals surface area contributed by atoms with Crippen LogP contribution in [-0.4, -0.2) is 18.0 Å². The minimum absolute atomic E-state index is 0. The van der Waals surface area contributed by atoms with Gasteiger partial charge in [-0.15, -0.1) is 12.4 Å². The van der Waals surface area contributed by atoms with Crippen molar-refractivity contribution < 1.29 is 9.53 Å². The van der Waals surface area contributed by atoms with E-state index in [0.29, 0.717) is 29.5 Å². The third-order valence-electron chi connectivity index (χ3n) is 3.38. The molecule has 2 aromatic rings. The van der Waals surface area contributed by atoms with E-state index in [1.165, 1.54) is 0 Å². The Labute approximate surface area is 153 Å². The standard InChI is InChI=1S/C18H21ClN2O2.ClH/c1-18(2,12-20)21-17(22)14-4-3-5-16(10-14)23-11-13-6-8-15(19)9-7-13;/h3-10H,11-12,20H2,1-2H3,(H,21,22);1H. The summed E-state index contributed by atoms with van der Waals surface area (Å²) < 4.78 is 5.73. The van der Waals surface area contributed by atoms with Gasteiger partial charge in [0.25, 0.3) is 5.91 Å². The smallest absolute Gasteiger partial charge is 0.251 e. The fourth-order valence-electron chi connectivity index (χ4n) is 1.90. The maximum atomic E-state index is 12.2. The van der Waals surface area contributed by atoms with Crippen LogP contribution in [0, 0.1) is 0 Å². The maximum Gasteiger partial charge on any atom is 0.251 e. The summed E-state index contributed by atoms with van der Waals surface area (Å²) in [5.74, 6) is 0.468. The molecular weight excluding hydrogens is 347 g/mol. The summed E-state index contributed by atoms with van der Waals surface area (Å²) >= 11 is 5.85. The molecule has 0 heterocycles. The van der Waals surface area contributed by atoms with Gasteiger partial charge in [-0.3, -0.25) is 4.79 Å². The molecule has 3 N–H and O–H groups in total. The second kappa shape index (κ2) is 8.92. The third-order valence-corrected chi connectivity index (χ3v) is 3.63. The molecular formula is C18H22Cl2N2O2. The van der Waals surface area contributed by atoms with Gasteiger partial charge < -0.3 is 15.8 Å². The summed E-state index contributed by atoms with van der Waals surface area (Å²) in [6.07, 6.45) is 0. The van der Waals surface area contributed by atoms with Crippen molar-refractivity contribution >= 4 is 29.9 Å². The van der Waals surface area contributed by atoms with Gasteiger partial charge in [-0.1, -0.05) is 29.8 Å². The number of carbonyl (C=O) groups excluding carboxylic acids is 1. The Morgan fingerprint density at radius 2 is 1.88 bits per heavy atom. The molecule has 130 valence electrons. The summed E-state index contributed by atoms with van der Waals surface area (Å²) in [6, 6.07) is 14.5. The number of hydrogen-bond acceptors (Lipinski definition) is 3. The van der Waals surface area contributed by atoms with Crippen LogP contribution in [0.3, 0.4) is 0 Å². The second-order valence-corrected chi connectivity index (χ2v) is 6.42. The van der Waals surface area contributed by atoms with Crippen molar-refractivity contribution in [3.05, 3.63) is 64.7 Å². The highest BCUT2D eigenvalue weighted by molar-refractivity contribution is 6.30. The van der Waals surface area contributed by atoms with Crippen LogP contribution in [-0.2, 0) is 6.61 Å². The van der Waals surface area contributed by atoms with E-state index in [-0.39, 0.29) is 18.3 Å². The van der Waals surface area contributed by atoms with Crippen molar-refractivity contribution in [1.29, 1.82) is 0 Å². The first-order valence-electron chi connectivity index (χ1n) is 7.39. The number of nitrogens with two attached hydrogens (primary N) is 1. The summed E-state index contributed by atoms with van der Waals surface area (Å²) in [6.45, 7) is 4.54. The lowest BCUT2D eigenvalue weighted by atomic mass is 10.1. The lowest BCUT2D eigenvalue weighted by Crippen LogP contribution is -2.48. The molecule has 2 rings (SSSR count). The maximum absolute atomic E-state index is 12.2. The minimum Gasteiger partial charge on any atom is -0.489 e. The van der Waals surface area contributed by atoms with Gasteiger partial charge in [0.2, 0.25) is 0 Å². The summed E-state index contributed by atoms with van der Waals surface area (Å²) in [5, 5.41) is 3.59. The Morgan fingerprint density at radius 3 is 2.50 bits per heavy atom. The highest BCUT2D eigenvalue weighted by Gasteiger charge is 2.19. The molecule has 2 aromatic carbocycles. The molecule has 6 heteroatoms. The zero-order valence-electron chi connectivity index (χ0n) is 13.7. The van der Waals surface area contributed by atoms with Crippen LogP contribution in [0.25, 0.3) is 0 Å². The predicted octanol–water partition coefficient (Wildman–Crippen LogP) is 3.81. The molecule has 0 atom stereocenters. The fraction of sp³-hybridized carbons (Fsp3) is 0.278. The van der Waals surface area contributed by atoms with Gasteiger partial charge in [0.1, 0.15) is 12.4 Å². The van der Waals surface area contributed by atoms with Crippen LogP contribution in [0.15, 0.2) is 48.5 Å². The number of rotatable bonds is 6. The van der Waals surface area contributed by atoms with Crippen molar-refractivity contribution in [1.82, 2.24) is 5.32 Å². The molecule has 0 unspecified atom stereocenters. The highest BCUT2D eigenvalue weighted by Crippen LogP contribution is 2.17. The number of carbonyl (C=O) groups is 1. The monoisotopic (exact) mass is 368 g/mol. The van der Waals surface area contributed by atoms with Gasteiger partial charge in [-0.05, 0) is 49.7 Å². The van der Waals surface area contributed by atoms with Crippen molar-refractivity contribution in [2.75, 3.05) is 6.54 Å². The molecule has 4 nitrogen and oxygen atoms in total. The average Bonchev–Trinajstić information content (AvgIpc) is 2.54. The molecule has 0 spiro atoms. The lowest BCUT2D eigenvalue weighted by Gasteiger charge is -2.24. The summed E-state index contributed by atoms with van der Waals surface area (Å²) in [4.78, 5) is 12.2. The Bertz CT molecular complexity index is 673. The highest BCUT2D eigenvalue weighted by atomic mass is 35.5. The van der Waals surface area contributed by atoms with Crippen LogP contribution >= 0.6 is 24.0 Å². The van der Waals surface area contributed by atoms with Gasteiger partial charge in [0, 0.05) is 22.7 Å².